The summed E-state index contributed by atoms with van der Waals surface area (Å²) in [6.07, 6.45) is 0.236. The Balaban J connectivity index is 2.34. The molecule has 0 amide bonds. The largest absolute Gasteiger partial charge is 0.488 e. The summed E-state index contributed by atoms with van der Waals surface area (Å²) in [6, 6.07) is 0. The Morgan fingerprint density at radius 1 is 0.938 bits per heavy atom. The van der Waals surface area contributed by atoms with Crippen molar-refractivity contribution in [3.8, 4) is 5.75 Å². The van der Waals surface area contributed by atoms with Crippen molar-refractivity contribution in [3.63, 3.8) is 0 Å². The van der Waals surface area contributed by atoms with Crippen LogP contribution in [-0.2, 0) is 4.74 Å². The van der Waals surface area contributed by atoms with Gasteiger partial charge in [0.25, 0.3) is 0 Å². The first-order valence-electron chi connectivity index (χ1n) is 4.28. The molecule has 2 nitrogen and oxygen atoms in total. The van der Waals surface area contributed by atoms with Crippen LogP contribution in [0.4, 0.5) is 0 Å². The van der Waals surface area contributed by atoms with Gasteiger partial charge in [0.1, 0.15) is 18.5 Å². The molecule has 1 fully saturated rings. The van der Waals surface area contributed by atoms with Gasteiger partial charge in [0.05, 0.1) is 24.5 Å². The normalized spacial score (nSPS) is 18.7. The third-order valence-corrected chi connectivity index (χ3v) is 8.01. The van der Waals surface area contributed by atoms with E-state index in [-0.39, 0.29) is 6.10 Å². The molecule has 2 rings (SSSR count). The van der Waals surface area contributed by atoms with E-state index in [1.165, 1.54) is 0 Å². The average molecular weight is 545 g/mol. The van der Waals surface area contributed by atoms with Crippen LogP contribution in [-0.4, -0.2) is 19.3 Å². The summed E-state index contributed by atoms with van der Waals surface area (Å²) in [7, 11) is 0. The van der Waals surface area contributed by atoms with E-state index < -0.39 is 0 Å². The Kier molecular flexibility index (Phi) is 4.80. The van der Waals surface area contributed by atoms with Crippen LogP contribution in [0.15, 0.2) is 22.4 Å². The van der Waals surface area contributed by atoms with Crippen molar-refractivity contribution >= 4 is 79.6 Å². The smallest absolute Gasteiger partial charge is 0.150 e. The van der Waals surface area contributed by atoms with Gasteiger partial charge in [-0.05, 0) is 79.6 Å². The fraction of sp³-hybridized carbons (Fsp3) is 0.333. The number of rotatable bonds is 3. The Labute approximate surface area is 135 Å². The second-order valence-corrected chi connectivity index (χ2v) is 7.13. The van der Waals surface area contributed by atoms with Gasteiger partial charge >= 0.3 is 0 Å². The number of hydrogen-bond acceptors (Lipinski definition) is 2. The highest BCUT2D eigenvalue weighted by atomic mass is 79.9. The number of benzene rings is 1. The lowest BCUT2D eigenvalue weighted by Crippen LogP contribution is -2.05. The van der Waals surface area contributed by atoms with Crippen LogP contribution in [0.5, 0.6) is 5.75 Å². The molecule has 1 aliphatic rings. The minimum absolute atomic E-state index is 0.236. The van der Waals surface area contributed by atoms with E-state index in [2.05, 4.69) is 79.6 Å². The molecule has 1 unspecified atom stereocenters. The lowest BCUT2D eigenvalue weighted by molar-refractivity contribution is 0.260. The summed E-state index contributed by atoms with van der Waals surface area (Å²) in [5, 5.41) is 0. The molecule has 0 spiro atoms. The molecule has 7 heteroatoms. The lowest BCUT2D eigenvalue weighted by Gasteiger charge is -2.13. The second kappa shape index (κ2) is 5.57. The molecule has 0 radical (unpaired) electrons. The first-order valence-corrected chi connectivity index (χ1v) is 8.24. The summed E-state index contributed by atoms with van der Waals surface area (Å²) in [5.74, 6) is 0.762. The molecule has 0 aliphatic carbocycles. The number of ether oxygens (including phenoxy) is 2. The molecular formula is C9H5Br5O2. The highest BCUT2D eigenvalue weighted by molar-refractivity contribution is 9.15. The van der Waals surface area contributed by atoms with Gasteiger partial charge in [-0.25, -0.2) is 0 Å². The predicted octanol–water partition coefficient (Wildman–Crippen LogP) is 5.28. The molecule has 88 valence electrons. The Morgan fingerprint density at radius 2 is 1.38 bits per heavy atom. The molecule has 1 aromatic carbocycles. The molecule has 0 N–H and O–H groups in total. The molecule has 1 heterocycles. The van der Waals surface area contributed by atoms with Crippen LogP contribution in [0.25, 0.3) is 0 Å². The Morgan fingerprint density at radius 3 is 1.81 bits per heavy atom. The van der Waals surface area contributed by atoms with Gasteiger partial charge in [-0.3, -0.25) is 0 Å². The van der Waals surface area contributed by atoms with Crippen molar-refractivity contribution < 1.29 is 9.47 Å². The third-order valence-electron chi connectivity index (χ3n) is 1.99. The third kappa shape index (κ3) is 2.85. The fourth-order valence-corrected chi connectivity index (χ4v) is 4.29. The van der Waals surface area contributed by atoms with E-state index in [1.54, 1.807) is 0 Å². The van der Waals surface area contributed by atoms with Crippen LogP contribution in [0.2, 0.25) is 0 Å². The maximum atomic E-state index is 5.71. The van der Waals surface area contributed by atoms with Crippen LogP contribution < -0.4 is 4.74 Å². The van der Waals surface area contributed by atoms with Gasteiger partial charge in [-0.1, -0.05) is 0 Å². The zero-order chi connectivity index (χ0) is 11.9. The van der Waals surface area contributed by atoms with E-state index in [9.17, 15) is 0 Å². The first kappa shape index (κ1) is 13.8. The van der Waals surface area contributed by atoms with Crippen molar-refractivity contribution in [2.24, 2.45) is 0 Å². The van der Waals surface area contributed by atoms with Crippen LogP contribution >= 0.6 is 79.6 Å². The molecule has 1 aliphatic heterocycles. The number of epoxide rings is 1. The zero-order valence-corrected chi connectivity index (χ0v) is 15.6. The maximum Gasteiger partial charge on any atom is 0.150 e. The molecular weight excluding hydrogens is 540 g/mol. The van der Waals surface area contributed by atoms with Crippen LogP contribution in [0, 0.1) is 0 Å². The van der Waals surface area contributed by atoms with Crippen molar-refractivity contribution in [1.29, 1.82) is 0 Å². The standard InChI is InChI=1S/C9H5Br5O2/c10-4-5(11)7(13)9(8(14)6(4)12)16-2-3-1-15-3/h3H,1-2H2. The summed E-state index contributed by atoms with van der Waals surface area (Å²) < 4.78 is 15.3. The maximum absolute atomic E-state index is 5.71. The number of hydrogen-bond donors (Lipinski definition) is 0. The highest BCUT2D eigenvalue weighted by Crippen LogP contribution is 2.48. The molecule has 0 saturated carbocycles. The topological polar surface area (TPSA) is 21.8 Å². The van der Waals surface area contributed by atoms with E-state index in [0.717, 1.165) is 34.7 Å². The Hall–Kier alpha value is 1.38. The van der Waals surface area contributed by atoms with Crippen molar-refractivity contribution in [3.05, 3.63) is 22.4 Å². The SMILES string of the molecule is Brc1c(Br)c(Br)c(OCC2CO2)c(Br)c1Br. The summed E-state index contributed by atoms with van der Waals surface area (Å²) in [4.78, 5) is 0. The zero-order valence-electron chi connectivity index (χ0n) is 7.70. The molecule has 1 atom stereocenters. The van der Waals surface area contributed by atoms with Crippen molar-refractivity contribution in [2.45, 2.75) is 6.10 Å². The van der Waals surface area contributed by atoms with E-state index >= 15 is 0 Å². The predicted molar refractivity (Wildman–Crippen MR) is 80.2 cm³/mol. The van der Waals surface area contributed by atoms with E-state index in [0.29, 0.717) is 6.61 Å². The van der Waals surface area contributed by atoms with Gasteiger partial charge in [0.15, 0.2) is 0 Å². The fourth-order valence-electron chi connectivity index (χ4n) is 1.05. The second-order valence-electron chi connectivity index (χ2n) is 3.17. The molecule has 1 saturated heterocycles. The van der Waals surface area contributed by atoms with Gasteiger partial charge in [0, 0.05) is 4.47 Å². The first-order chi connectivity index (χ1) is 7.52. The minimum atomic E-state index is 0.236. The van der Waals surface area contributed by atoms with Crippen LogP contribution in [0.1, 0.15) is 0 Å². The summed E-state index contributed by atoms with van der Waals surface area (Å²) >= 11 is 17.4. The van der Waals surface area contributed by atoms with E-state index in [4.69, 9.17) is 9.47 Å². The molecule has 1 aromatic rings. The molecule has 0 bridgehead atoms. The number of halogens is 5. The Bertz CT molecular complexity index is 401. The van der Waals surface area contributed by atoms with Crippen LogP contribution in [0.3, 0.4) is 0 Å². The lowest BCUT2D eigenvalue weighted by atomic mass is 10.3. The van der Waals surface area contributed by atoms with Crippen molar-refractivity contribution in [2.75, 3.05) is 13.2 Å². The van der Waals surface area contributed by atoms with E-state index in [1.807, 2.05) is 0 Å². The quantitative estimate of drug-likeness (QED) is 0.294. The molecule has 16 heavy (non-hydrogen) atoms. The molecule has 0 aromatic heterocycles. The van der Waals surface area contributed by atoms with Crippen molar-refractivity contribution in [1.82, 2.24) is 0 Å². The monoisotopic (exact) mass is 540 g/mol. The summed E-state index contributed by atoms with van der Waals surface area (Å²) in [5.41, 5.74) is 0. The van der Waals surface area contributed by atoms with Gasteiger partial charge in [-0.2, -0.15) is 0 Å². The highest BCUT2D eigenvalue weighted by Gasteiger charge is 2.25. The average Bonchev–Trinajstić information content (AvgIpc) is 3.07. The van der Waals surface area contributed by atoms with Gasteiger partial charge in [0.2, 0.25) is 0 Å². The van der Waals surface area contributed by atoms with Gasteiger partial charge in [-0.15, -0.1) is 0 Å². The summed E-state index contributed by atoms with van der Waals surface area (Å²) in [6.45, 7) is 1.35. The minimum Gasteiger partial charge on any atom is -0.488 e. The van der Waals surface area contributed by atoms with Gasteiger partial charge < -0.3 is 9.47 Å².